The van der Waals surface area contributed by atoms with Crippen LogP contribution in [-0.2, 0) is 27.2 Å². The number of rotatable bonds is 8. The summed E-state index contributed by atoms with van der Waals surface area (Å²) in [6.07, 6.45) is 3.23. The molecule has 0 saturated heterocycles. The number of anilines is 1. The van der Waals surface area contributed by atoms with Crippen LogP contribution in [0.3, 0.4) is 0 Å². The molecule has 170 valence electrons. The highest BCUT2D eigenvalue weighted by molar-refractivity contribution is 7.17. The fourth-order valence-corrected chi connectivity index (χ4v) is 4.65. The van der Waals surface area contributed by atoms with Crippen LogP contribution in [0.1, 0.15) is 50.4 Å². The van der Waals surface area contributed by atoms with E-state index in [1.165, 1.54) is 11.3 Å². The number of aryl methyl sites for hydroxylation is 1. The average molecular weight is 465 g/mol. The van der Waals surface area contributed by atoms with Gasteiger partial charge in [-0.2, -0.15) is 0 Å². The maximum absolute atomic E-state index is 13.6. The molecule has 1 aliphatic rings. The van der Waals surface area contributed by atoms with Crippen molar-refractivity contribution in [3.8, 4) is 0 Å². The summed E-state index contributed by atoms with van der Waals surface area (Å²) in [5.74, 6) is -4.66. The van der Waals surface area contributed by atoms with Gasteiger partial charge in [-0.15, -0.1) is 11.3 Å². The molecule has 0 unspecified atom stereocenters. The molecule has 3 amide bonds. The molecule has 0 spiro atoms. The van der Waals surface area contributed by atoms with Gasteiger partial charge in [-0.05, 0) is 43.4 Å². The molecule has 0 saturated carbocycles. The molecule has 2 aromatic rings. The number of hydrogen-bond acceptors (Lipinski definition) is 6. The van der Waals surface area contributed by atoms with Crippen LogP contribution < -0.4 is 16.4 Å². The van der Waals surface area contributed by atoms with Crippen molar-refractivity contribution >= 4 is 40.0 Å². The lowest BCUT2D eigenvalue weighted by atomic mass is 9.95. The number of nitrogens with one attached hydrogen (secondary N) is 2. The number of hydrogen-bond donors (Lipinski definition) is 3. The van der Waals surface area contributed by atoms with Crippen LogP contribution in [0.4, 0.5) is 13.8 Å². The summed E-state index contributed by atoms with van der Waals surface area (Å²) in [5.41, 5.74) is 6.29. The van der Waals surface area contributed by atoms with E-state index < -0.39 is 41.9 Å². The number of primary amides is 1. The molecular weight excluding hydrogens is 444 g/mol. The largest absolute Gasteiger partial charge is 0.456 e. The zero-order valence-electron chi connectivity index (χ0n) is 17.0. The molecule has 8 nitrogen and oxygen atoms in total. The lowest BCUT2D eigenvalue weighted by molar-refractivity contribution is -0.147. The van der Waals surface area contributed by atoms with E-state index in [1.807, 2.05) is 0 Å². The van der Waals surface area contributed by atoms with Gasteiger partial charge >= 0.3 is 5.97 Å². The highest BCUT2D eigenvalue weighted by Gasteiger charge is 2.25. The molecule has 1 heterocycles. The van der Waals surface area contributed by atoms with Gasteiger partial charge in [-0.1, -0.05) is 0 Å². The number of thiophene rings is 1. The molecule has 3 rings (SSSR count). The Labute approximate surface area is 186 Å². The summed E-state index contributed by atoms with van der Waals surface area (Å²) in [6.45, 7) is -0.750. The van der Waals surface area contributed by atoms with Gasteiger partial charge in [0.05, 0.1) is 17.5 Å². The number of carbonyl (C=O) groups excluding carboxylic acids is 4. The predicted molar refractivity (Wildman–Crippen MR) is 112 cm³/mol. The molecule has 0 atom stereocenters. The van der Waals surface area contributed by atoms with Gasteiger partial charge in [0.1, 0.15) is 16.6 Å². The number of amides is 3. The minimum absolute atomic E-state index is 0.167. The van der Waals surface area contributed by atoms with Crippen LogP contribution in [0, 0.1) is 11.6 Å². The number of nitrogens with two attached hydrogens (primary N) is 1. The Hall–Kier alpha value is -3.34. The standard InChI is InChI=1S/C21H21F2N3O5S/c22-11-5-6-12(14(23)9-11)20(30)25-8-7-17(28)31-10-16(27)26-21-18(19(24)29)13-3-1-2-4-15(13)32-21/h5-6,9H,1-4,7-8,10H2,(H2,24,29)(H,25,30)(H,26,27). The highest BCUT2D eigenvalue weighted by atomic mass is 32.1. The zero-order chi connectivity index (χ0) is 23.3. The first-order valence-corrected chi connectivity index (χ1v) is 10.7. The Morgan fingerprint density at radius 1 is 1.12 bits per heavy atom. The average Bonchev–Trinajstić information content (AvgIpc) is 3.10. The van der Waals surface area contributed by atoms with E-state index in [-0.39, 0.29) is 18.5 Å². The summed E-state index contributed by atoms with van der Waals surface area (Å²) in [4.78, 5) is 48.7. The maximum Gasteiger partial charge on any atom is 0.308 e. The number of benzene rings is 1. The van der Waals surface area contributed by atoms with Gasteiger partial charge in [0, 0.05) is 17.5 Å². The van der Waals surface area contributed by atoms with E-state index in [0.717, 1.165) is 48.3 Å². The minimum atomic E-state index is -1.02. The topological polar surface area (TPSA) is 128 Å². The first-order valence-electron chi connectivity index (χ1n) is 9.89. The second-order valence-corrected chi connectivity index (χ2v) is 8.22. The first-order chi connectivity index (χ1) is 15.3. The van der Waals surface area contributed by atoms with Crippen LogP contribution in [-0.4, -0.2) is 36.8 Å². The molecule has 0 fully saturated rings. The van der Waals surface area contributed by atoms with Crippen LogP contribution in [0.5, 0.6) is 0 Å². The summed E-state index contributed by atoms with van der Waals surface area (Å²) in [6, 6.07) is 2.51. The van der Waals surface area contributed by atoms with Gasteiger partial charge < -0.3 is 21.1 Å². The van der Waals surface area contributed by atoms with E-state index in [2.05, 4.69) is 10.6 Å². The van der Waals surface area contributed by atoms with Crippen LogP contribution in [0.2, 0.25) is 0 Å². The number of carbonyl (C=O) groups is 4. The molecule has 32 heavy (non-hydrogen) atoms. The van der Waals surface area contributed by atoms with E-state index >= 15 is 0 Å². The van der Waals surface area contributed by atoms with Crippen molar-refractivity contribution in [1.82, 2.24) is 5.32 Å². The summed E-state index contributed by atoms with van der Waals surface area (Å²) in [7, 11) is 0. The zero-order valence-corrected chi connectivity index (χ0v) is 17.8. The molecule has 11 heteroatoms. The van der Waals surface area contributed by atoms with E-state index in [4.69, 9.17) is 10.5 Å². The van der Waals surface area contributed by atoms with Gasteiger partial charge in [-0.25, -0.2) is 8.78 Å². The maximum atomic E-state index is 13.6. The third kappa shape index (κ3) is 5.67. The third-order valence-electron chi connectivity index (χ3n) is 4.83. The highest BCUT2D eigenvalue weighted by Crippen LogP contribution is 2.37. The fourth-order valence-electron chi connectivity index (χ4n) is 3.34. The second-order valence-electron chi connectivity index (χ2n) is 7.12. The van der Waals surface area contributed by atoms with E-state index in [9.17, 15) is 28.0 Å². The van der Waals surface area contributed by atoms with Gasteiger partial charge in [0.25, 0.3) is 17.7 Å². The van der Waals surface area contributed by atoms with Gasteiger partial charge in [0.15, 0.2) is 6.61 Å². The second kappa shape index (κ2) is 10.3. The molecule has 0 bridgehead atoms. The van der Waals surface area contributed by atoms with Crippen molar-refractivity contribution < 1.29 is 32.7 Å². The first kappa shape index (κ1) is 23.3. The molecule has 1 aromatic heterocycles. The Balaban J connectivity index is 1.45. The monoisotopic (exact) mass is 465 g/mol. The van der Waals surface area contributed by atoms with Crippen molar-refractivity contribution in [2.75, 3.05) is 18.5 Å². The fraction of sp³-hybridized carbons (Fsp3) is 0.333. The third-order valence-corrected chi connectivity index (χ3v) is 6.03. The Morgan fingerprint density at radius 2 is 1.88 bits per heavy atom. The summed E-state index contributed by atoms with van der Waals surface area (Å²) in [5, 5.41) is 5.23. The lowest BCUT2D eigenvalue weighted by Gasteiger charge is -2.11. The molecule has 0 aliphatic heterocycles. The molecule has 1 aromatic carbocycles. The van der Waals surface area contributed by atoms with Crippen LogP contribution in [0.25, 0.3) is 0 Å². The Morgan fingerprint density at radius 3 is 2.59 bits per heavy atom. The minimum Gasteiger partial charge on any atom is -0.456 e. The Kier molecular flexibility index (Phi) is 7.52. The van der Waals surface area contributed by atoms with Crippen LogP contribution >= 0.6 is 11.3 Å². The smallest absolute Gasteiger partial charge is 0.308 e. The molecule has 0 radical (unpaired) electrons. The van der Waals surface area contributed by atoms with E-state index in [0.29, 0.717) is 16.6 Å². The lowest BCUT2D eigenvalue weighted by Crippen LogP contribution is -2.28. The molecule has 1 aliphatic carbocycles. The van der Waals surface area contributed by atoms with Crippen molar-refractivity contribution in [1.29, 1.82) is 0 Å². The van der Waals surface area contributed by atoms with Gasteiger partial charge in [0.2, 0.25) is 0 Å². The SMILES string of the molecule is NC(=O)c1c(NC(=O)COC(=O)CCNC(=O)c2ccc(F)cc2F)sc2c1CCCC2. The normalized spacial score (nSPS) is 12.6. The van der Waals surface area contributed by atoms with Crippen molar-refractivity contribution in [3.05, 3.63) is 51.4 Å². The number of fused-ring (bicyclic) bond motifs is 1. The van der Waals surface area contributed by atoms with Crippen LogP contribution in [0.15, 0.2) is 18.2 Å². The Bertz CT molecular complexity index is 1070. The number of esters is 1. The molecule has 4 N–H and O–H groups in total. The molecular formula is C21H21F2N3O5S. The van der Waals surface area contributed by atoms with E-state index in [1.54, 1.807) is 0 Å². The van der Waals surface area contributed by atoms with Gasteiger partial charge in [-0.3, -0.25) is 19.2 Å². The van der Waals surface area contributed by atoms with Crippen molar-refractivity contribution in [3.63, 3.8) is 0 Å². The summed E-state index contributed by atoms with van der Waals surface area (Å²) < 4.78 is 31.3. The predicted octanol–water partition coefficient (Wildman–Crippen LogP) is 2.31. The number of halogens is 2. The van der Waals surface area contributed by atoms with Crippen molar-refractivity contribution in [2.24, 2.45) is 5.73 Å². The van der Waals surface area contributed by atoms with Crippen molar-refractivity contribution in [2.45, 2.75) is 32.1 Å². The summed E-state index contributed by atoms with van der Waals surface area (Å²) >= 11 is 1.30. The number of ether oxygens (including phenoxy) is 1. The quantitative estimate of drug-likeness (QED) is 0.516.